The quantitative estimate of drug-likeness (QED) is 0.722. The van der Waals surface area contributed by atoms with Crippen LogP contribution in [0.3, 0.4) is 0 Å². The highest BCUT2D eigenvalue weighted by Gasteiger charge is 2.36. The summed E-state index contributed by atoms with van der Waals surface area (Å²) in [5.41, 5.74) is 1.97. The second-order valence-corrected chi connectivity index (χ2v) is 4.21. The molecule has 1 fully saturated rings. The van der Waals surface area contributed by atoms with Gasteiger partial charge in [-0.2, -0.15) is 0 Å². The smallest absolute Gasteiger partial charge is 0.149 e. The van der Waals surface area contributed by atoms with Gasteiger partial charge in [0.1, 0.15) is 5.67 Å². The molecule has 2 rings (SSSR count). The molecule has 1 aromatic carbocycles. The first-order valence-corrected chi connectivity index (χ1v) is 5.09. The molecule has 1 aromatic rings. The fourth-order valence-electron chi connectivity index (χ4n) is 2.21. The van der Waals surface area contributed by atoms with Gasteiger partial charge in [-0.15, -0.1) is 0 Å². The van der Waals surface area contributed by atoms with Crippen molar-refractivity contribution in [1.82, 2.24) is 5.32 Å². The molecule has 0 bridgehead atoms. The number of nitrogens with one attached hydrogen (secondary N) is 1. The van der Waals surface area contributed by atoms with Crippen LogP contribution in [-0.2, 0) is 5.67 Å². The van der Waals surface area contributed by atoms with Crippen molar-refractivity contribution in [1.29, 1.82) is 0 Å². The lowest BCUT2D eigenvalue weighted by Crippen LogP contribution is -2.24. The lowest BCUT2D eigenvalue weighted by atomic mass is 9.90. The zero-order valence-electron chi connectivity index (χ0n) is 8.73. The molecule has 1 aliphatic heterocycles. The highest BCUT2D eigenvalue weighted by molar-refractivity contribution is 5.35. The summed E-state index contributed by atoms with van der Waals surface area (Å²) in [5, 5.41) is 3.08. The maximum Gasteiger partial charge on any atom is 0.149 e. The molecule has 1 saturated heterocycles. The molecule has 1 atom stereocenters. The Morgan fingerprint density at radius 3 is 2.71 bits per heavy atom. The van der Waals surface area contributed by atoms with E-state index in [9.17, 15) is 4.39 Å². The minimum absolute atomic E-state index is 0.455. The van der Waals surface area contributed by atoms with Crippen LogP contribution < -0.4 is 5.32 Å². The largest absolute Gasteiger partial charge is 0.313 e. The van der Waals surface area contributed by atoms with E-state index in [1.54, 1.807) is 0 Å². The molecular weight excluding hydrogens is 177 g/mol. The Labute approximate surface area is 84.3 Å². The Balaban J connectivity index is 2.40. The topological polar surface area (TPSA) is 12.0 Å². The van der Waals surface area contributed by atoms with Gasteiger partial charge < -0.3 is 5.32 Å². The van der Waals surface area contributed by atoms with E-state index >= 15 is 0 Å². The summed E-state index contributed by atoms with van der Waals surface area (Å²) in [4.78, 5) is 0. The van der Waals surface area contributed by atoms with E-state index < -0.39 is 5.67 Å². The first-order chi connectivity index (χ1) is 6.62. The van der Waals surface area contributed by atoms with E-state index in [0.29, 0.717) is 13.0 Å². The molecule has 1 N–H and O–H groups in total. The first-order valence-electron chi connectivity index (χ1n) is 5.09. The van der Waals surface area contributed by atoms with Gasteiger partial charge in [0.2, 0.25) is 0 Å². The zero-order chi connectivity index (χ0) is 10.2. The van der Waals surface area contributed by atoms with E-state index in [0.717, 1.165) is 17.7 Å². The molecule has 0 radical (unpaired) electrons. The molecule has 76 valence electrons. The molecule has 0 spiro atoms. The average Bonchev–Trinajstić information content (AvgIpc) is 2.52. The van der Waals surface area contributed by atoms with Crippen molar-refractivity contribution >= 4 is 0 Å². The zero-order valence-corrected chi connectivity index (χ0v) is 8.73. The molecule has 0 aliphatic carbocycles. The third-order valence-electron chi connectivity index (χ3n) is 2.97. The fraction of sp³-hybridized carbons (Fsp3) is 0.500. The summed E-state index contributed by atoms with van der Waals surface area (Å²) >= 11 is 0. The Morgan fingerprint density at radius 2 is 2.14 bits per heavy atom. The summed E-state index contributed by atoms with van der Waals surface area (Å²) in [5.74, 6) is 0. The third-order valence-corrected chi connectivity index (χ3v) is 2.97. The first kappa shape index (κ1) is 9.66. The minimum Gasteiger partial charge on any atom is -0.313 e. The highest BCUT2D eigenvalue weighted by atomic mass is 19.1. The number of benzene rings is 1. The van der Waals surface area contributed by atoms with E-state index in [4.69, 9.17) is 0 Å². The Hall–Kier alpha value is -0.890. The van der Waals surface area contributed by atoms with Gasteiger partial charge >= 0.3 is 0 Å². The predicted molar refractivity (Wildman–Crippen MR) is 56.2 cm³/mol. The average molecular weight is 193 g/mol. The predicted octanol–water partition coefficient (Wildman–Crippen LogP) is 2.46. The summed E-state index contributed by atoms with van der Waals surface area (Å²) in [7, 11) is 0. The van der Waals surface area contributed by atoms with Crippen molar-refractivity contribution in [3.05, 3.63) is 34.9 Å². The SMILES string of the molecule is Cc1ccc(C2(F)CCNC2)c(C)c1. The molecule has 1 nitrogen and oxygen atoms in total. The van der Waals surface area contributed by atoms with Gasteiger partial charge in [0.25, 0.3) is 0 Å². The lowest BCUT2D eigenvalue weighted by molar-refractivity contribution is 0.192. The van der Waals surface area contributed by atoms with Crippen molar-refractivity contribution in [2.24, 2.45) is 0 Å². The molecule has 2 heteroatoms. The maximum absolute atomic E-state index is 14.4. The second kappa shape index (κ2) is 3.35. The third kappa shape index (κ3) is 1.55. The van der Waals surface area contributed by atoms with Crippen LogP contribution >= 0.6 is 0 Å². The van der Waals surface area contributed by atoms with Crippen LogP contribution in [0.25, 0.3) is 0 Å². The molecule has 14 heavy (non-hydrogen) atoms. The fourth-order valence-corrected chi connectivity index (χ4v) is 2.21. The van der Waals surface area contributed by atoms with Crippen LogP contribution in [0.5, 0.6) is 0 Å². The molecule has 1 heterocycles. The minimum atomic E-state index is -1.14. The summed E-state index contributed by atoms with van der Waals surface area (Å²) < 4.78 is 14.4. The Bertz CT molecular complexity index is 340. The monoisotopic (exact) mass is 193 g/mol. The van der Waals surface area contributed by atoms with Crippen LogP contribution in [0.1, 0.15) is 23.1 Å². The number of halogens is 1. The van der Waals surface area contributed by atoms with Crippen LogP contribution in [0.2, 0.25) is 0 Å². The highest BCUT2D eigenvalue weighted by Crippen LogP contribution is 2.34. The van der Waals surface area contributed by atoms with Gasteiger partial charge in [-0.3, -0.25) is 0 Å². The molecule has 0 aromatic heterocycles. The van der Waals surface area contributed by atoms with Crippen molar-refractivity contribution in [2.75, 3.05) is 13.1 Å². The molecule has 0 saturated carbocycles. The molecular formula is C12H16FN. The van der Waals surface area contributed by atoms with Gasteiger partial charge in [0.05, 0.1) is 0 Å². The summed E-state index contributed by atoms with van der Waals surface area (Å²) in [6.07, 6.45) is 0.594. The van der Waals surface area contributed by atoms with E-state index in [2.05, 4.69) is 11.4 Å². The van der Waals surface area contributed by atoms with Crippen LogP contribution in [0, 0.1) is 13.8 Å². The van der Waals surface area contributed by atoms with E-state index in [1.807, 2.05) is 26.0 Å². The van der Waals surface area contributed by atoms with Crippen molar-refractivity contribution in [2.45, 2.75) is 25.9 Å². The number of alkyl halides is 1. The Kier molecular flexibility index (Phi) is 2.31. The number of hydrogen-bond donors (Lipinski definition) is 1. The maximum atomic E-state index is 14.4. The number of hydrogen-bond acceptors (Lipinski definition) is 1. The second-order valence-electron chi connectivity index (χ2n) is 4.21. The number of rotatable bonds is 1. The molecule has 1 aliphatic rings. The summed E-state index contributed by atoms with van der Waals surface area (Å²) in [6.45, 7) is 5.26. The Morgan fingerprint density at radius 1 is 1.36 bits per heavy atom. The van der Waals surface area contributed by atoms with E-state index in [1.165, 1.54) is 5.56 Å². The van der Waals surface area contributed by atoms with Crippen LogP contribution in [0.15, 0.2) is 18.2 Å². The van der Waals surface area contributed by atoms with Gasteiger partial charge in [0.15, 0.2) is 0 Å². The van der Waals surface area contributed by atoms with Crippen molar-refractivity contribution in [3.8, 4) is 0 Å². The van der Waals surface area contributed by atoms with Crippen molar-refractivity contribution in [3.63, 3.8) is 0 Å². The van der Waals surface area contributed by atoms with E-state index in [-0.39, 0.29) is 0 Å². The van der Waals surface area contributed by atoms with Crippen molar-refractivity contribution < 1.29 is 4.39 Å². The van der Waals surface area contributed by atoms with Crippen LogP contribution in [0.4, 0.5) is 4.39 Å². The number of aryl methyl sites for hydroxylation is 2. The standard InChI is InChI=1S/C12H16FN/c1-9-3-4-11(10(2)7-9)12(13)5-6-14-8-12/h3-4,7,14H,5-6,8H2,1-2H3. The normalized spacial score (nSPS) is 26.8. The van der Waals surface area contributed by atoms with Gasteiger partial charge in [-0.05, 0) is 37.9 Å². The van der Waals surface area contributed by atoms with Gasteiger partial charge in [-0.1, -0.05) is 23.8 Å². The lowest BCUT2D eigenvalue weighted by Gasteiger charge is -2.21. The summed E-state index contributed by atoms with van der Waals surface area (Å²) in [6, 6.07) is 5.97. The molecule has 0 amide bonds. The molecule has 1 unspecified atom stereocenters. The van der Waals surface area contributed by atoms with Gasteiger partial charge in [-0.25, -0.2) is 4.39 Å². The van der Waals surface area contributed by atoms with Gasteiger partial charge in [0, 0.05) is 6.54 Å². The van der Waals surface area contributed by atoms with Crippen LogP contribution in [-0.4, -0.2) is 13.1 Å².